The van der Waals surface area contributed by atoms with Gasteiger partial charge in [-0.15, -0.1) is 0 Å². The summed E-state index contributed by atoms with van der Waals surface area (Å²) in [6.45, 7) is 4.77. The van der Waals surface area contributed by atoms with Gasteiger partial charge in [-0.05, 0) is 17.0 Å². The van der Waals surface area contributed by atoms with Crippen LogP contribution in [0.25, 0.3) is 0 Å². The molecule has 2 bridgehead atoms. The molecule has 0 radical (unpaired) electrons. The number of hydrogen-bond acceptors (Lipinski definition) is 4. The molecule has 0 N–H and O–H groups in total. The lowest BCUT2D eigenvalue weighted by Gasteiger charge is -2.31. The first kappa shape index (κ1) is 20.0. The zero-order valence-corrected chi connectivity index (χ0v) is 17.8. The van der Waals surface area contributed by atoms with E-state index >= 15 is 0 Å². The average molecular weight is 418 g/mol. The van der Waals surface area contributed by atoms with Gasteiger partial charge >= 0.3 is 5.97 Å². The molecule has 2 aromatic carbocycles. The number of hydrogen-bond donors (Lipinski definition) is 0. The molecule has 3 aliphatic rings. The summed E-state index contributed by atoms with van der Waals surface area (Å²) in [6.07, 6.45) is 3.52. The van der Waals surface area contributed by atoms with E-state index in [-0.39, 0.29) is 29.9 Å². The second-order valence-corrected chi connectivity index (χ2v) is 9.11. The largest absolute Gasteiger partial charge is 0.465 e. The first-order chi connectivity index (χ1) is 15.0. The Morgan fingerprint density at radius 3 is 2.29 bits per heavy atom. The Labute approximate surface area is 182 Å². The van der Waals surface area contributed by atoms with E-state index in [1.807, 2.05) is 91.6 Å². The molecule has 0 aliphatic carbocycles. The first-order valence-electron chi connectivity index (χ1n) is 10.9. The van der Waals surface area contributed by atoms with Gasteiger partial charge in [0.1, 0.15) is 11.5 Å². The number of carbonyl (C=O) groups excluding carboxylic acids is 2. The van der Waals surface area contributed by atoms with E-state index < -0.39 is 17.4 Å². The van der Waals surface area contributed by atoms with Crippen LogP contribution in [0.5, 0.6) is 0 Å². The van der Waals surface area contributed by atoms with Gasteiger partial charge in [0.15, 0.2) is 0 Å². The van der Waals surface area contributed by atoms with Gasteiger partial charge in [-0.3, -0.25) is 9.59 Å². The maximum atomic E-state index is 13.8. The predicted octanol–water partition coefficient (Wildman–Crippen LogP) is 3.76. The molecule has 4 atom stereocenters. The van der Waals surface area contributed by atoms with Crippen LogP contribution >= 0.6 is 0 Å². The van der Waals surface area contributed by atoms with E-state index in [2.05, 4.69) is 0 Å². The number of amides is 1. The van der Waals surface area contributed by atoms with Crippen molar-refractivity contribution >= 4 is 11.9 Å². The van der Waals surface area contributed by atoms with E-state index in [1.54, 1.807) is 0 Å². The van der Waals surface area contributed by atoms with E-state index in [1.165, 1.54) is 0 Å². The lowest BCUT2D eigenvalue weighted by atomic mass is 9.77. The number of nitrogens with zero attached hydrogens (tertiary/aromatic N) is 1. The van der Waals surface area contributed by atoms with E-state index in [9.17, 15) is 9.59 Å². The lowest BCUT2D eigenvalue weighted by molar-refractivity contribution is -0.155. The molecule has 31 heavy (non-hydrogen) atoms. The smallest absolute Gasteiger partial charge is 0.312 e. The maximum Gasteiger partial charge on any atom is 0.312 e. The molecule has 3 heterocycles. The molecule has 5 nitrogen and oxygen atoms in total. The monoisotopic (exact) mass is 417 g/mol. The summed E-state index contributed by atoms with van der Waals surface area (Å²) < 4.78 is 11.8. The summed E-state index contributed by atoms with van der Waals surface area (Å²) in [5.41, 5.74) is 1.32. The summed E-state index contributed by atoms with van der Waals surface area (Å²) in [5.74, 6) is -1.27. The van der Waals surface area contributed by atoms with Crippen LogP contribution in [-0.4, -0.2) is 41.6 Å². The number of carbonyl (C=O) groups is 2. The van der Waals surface area contributed by atoms with Crippen molar-refractivity contribution in [1.82, 2.24) is 4.90 Å². The fourth-order valence-electron chi connectivity index (χ4n) is 5.18. The molecule has 5 rings (SSSR count). The Morgan fingerprint density at radius 2 is 1.71 bits per heavy atom. The van der Waals surface area contributed by atoms with Gasteiger partial charge in [0.05, 0.1) is 31.2 Å². The molecular formula is C26H27NO4. The van der Waals surface area contributed by atoms with Crippen LogP contribution in [0.4, 0.5) is 0 Å². The summed E-state index contributed by atoms with van der Waals surface area (Å²) in [7, 11) is 0. The molecule has 160 valence electrons. The third kappa shape index (κ3) is 3.28. The minimum absolute atomic E-state index is 0.0453. The van der Waals surface area contributed by atoms with Gasteiger partial charge < -0.3 is 14.4 Å². The normalized spacial score (nSPS) is 28.6. The third-order valence-corrected chi connectivity index (χ3v) is 6.50. The predicted molar refractivity (Wildman–Crippen MR) is 116 cm³/mol. The zero-order valence-electron chi connectivity index (χ0n) is 17.8. The Hall–Kier alpha value is -2.92. The van der Waals surface area contributed by atoms with Gasteiger partial charge in [0.25, 0.3) is 0 Å². The van der Waals surface area contributed by atoms with Crippen molar-refractivity contribution in [3.05, 3.63) is 83.9 Å². The second-order valence-electron chi connectivity index (χ2n) is 9.11. The van der Waals surface area contributed by atoms with Crippen LogP contribution in [0.3, 0.4) is 0 Å². The van der Waals surface area contributed by atoms with Crippen LogP contribution in [0.1, 0.15) is 31.0 Å². The van der Waals surface area contributed by atoms with E-state index in [4.69, 9.17) is 9.47 Å². The van der Waals surface area contributed by atoms with Gasteiger partial charge in [-0.1, -0.05) is 86.7 Å². The molecule has 4 unspecified atom stereocenters. The summed E-state index contributed by atoms with van der Waals surface area (Å²) >= 11 is 0. The van der Waals surface area contributed by atoms with Crippen LogP contribution in [0.15, 0.2) is 72.8 Å². The number of rotatable bonds is 6. The molecular weight excluding hydrogens is 390 g/mol. The van der Waals surface area contributed by atoms with Crippen molar-refractivity contribution in [2.45, 2.75) is 31.6 Å². The van der Waals surface area contributed by atoms with Crippen molar-refractivity contribution < 1.29 is 19.1 Å². The van der Waals surface area contributed by atoms with Crippen LogP contribution in [-0.2, 0) is 19.1 Å². The maximum absolute atomic E-state index is 13.8. The minimum Gasteiger partial charge on any atom is -0.465 e. The Kier molecular flexibility index (Phi) is 4.94. The van der Waals surface area contributed by atoms with Crippen LogP contribution in [0.2, 0.25) is 0 Å². The molecule has 2 saturated heterocycles. The SMILES string of the molecule is CC(C)COC(=O)C1C2C=CC3(CN(C(c4ccccc4)c4ccccc4)C(=O)C13)O2. The quantitative estimate of drug-likeness (QED) is 0.531. The molecule has 1 spiro atoms. The molecule has 2 aromatic rings. The number of likely N-dealkylation sites (tertiary alicyclic amines) is 1. The van der Waals surface area contributed by atoms with Gasteiger partial charge in [0, 0.05) is 0 Å². The molecule has 5 heteroatoms. The van der Waals surface area contributed by atoms with Crippen molar-refractivity contribution in [2.75, 3.05) is 13.2 Å². The Balaban J connectivity index is 1.50. The van der Waals surface area contributed by atoms with Crippen molar-refractivity contribution in [3.8, 4) is 0 Å². The fraction of sp³-hybridized carbons (Fsp3) is 0.385. The minimum atomic E-state index is -0.759. The van der Waals surface area contributed by atoms with Gasteiger partial charge in [-0.25, -0.2) is 0 Å². The molecule has 1 amide bonds. The van der Waals surface area contributed by atoms with Crippen LogP contribution < -0.4 is 0 Å². The lowest BCUT2D eigenvalue weighted by Crippen LogP contribution is -2.40. The number of benzene rings is 2. The zero-order chi connectivity index (χ0) is 21.6. The summed E-state index contributed by atoms with van der Waals surface area (Å²) in [6, 6.07) is 19.8. The highest BCUT2D eigenvalue weighted by Gasteiger charge is 2.68. The van der Waals surface area contributed by atoms with Crippen molar-refractivity contribution in [2.24, 2.45) is 17.8 Å². The highest BCUT2D eigenvalue weighted by atomic mass is 16.6. The first-order valence-corrected chi connectivity index (χ1v) is 10.9. The van der Waals surface area contributed by atoms with E-state index in [0.29, 0.717) is 13.2 Å². The average Bonchev–Trinajstić information content (AvgIpc) is 3.42. The van der Waals surface area contributed by atoms with Crippen LogP contribution in [0, 0.1) is 17.8 Å². The van der Waals surface area contributed by atoms with Crippen molar-refractivity contribution in [1.29, 1.82) is 0 Å². The summed E-state index contributed by atoms with van der Waals surface area (Å²) in [4.78, 5) is 28.6. The summed E-state index contributed by atoms with van der Waals surface area (Å²) in [5, 5.41) is 0. The fourth-order valence-corrected chi connectivity index (χ4v) is 5.18. The second kappa shape index (κ2) is 7.65. The number of fused-ring (bicyclic) bond motifs is 1. The molecule has 3 aliphatic heterocycles. The molecule has 0 saturated carbocycles. The van der Waals surface area contributed by atoms with Crippen molar-refractivity contribution in [3.63, 3.8) is 0 Å². The Bertz CT molecular complexity index is 963. The molecule has 0 aromatic heterocycles. The highest BCUT2D eigenvalue weighted by Crippen LogP contribution is 2.54. The number of esters is 1. The van der Waals surface area contributed by atoms with Gasteiger partial charge in [0.2, 0.25) is 5.91 Å². The highest BCUT2D eigenvalue weighted by molar-refractivity contribution is 5.91. The molecule has 2 fully saturated rings. The third-order valence-electron chi connectivity index (χ3n) is 6.50. The topological polar surface area (TPSA) is 55.8 Å². The number of ether oxygens (including phenoxy) is 2. The Morgan fingerprint density at radius 1 is 1.10 bits per heavy atom. The van der Waals surface area contributed by atoms with E-state index in [0.717, 1.165) is 11.1 Å². The van der Waals surface area contributed by atoms with Gasteiger partial charge in [-0.2, -0.15) is 0 Å². The standard InChI is InChI=1S/C26H27NO4/c1-17(2)15-30-25(29)21-20-13-14-26(31-20)16-27(24(28)22(21)26)23(18-9-5-3-6-10-18)19-11-7-4-8-12-19/h3-14,17,20-23H,15-16H2,1-2H3.